The first-order valence-electron chi connectivity index (χ1n) is 7.21. The second kappa shape index (κ2) is 8.12. The fraction of sp³-hybridized carbons (Fsp3) is 0.438. The van der Waals surface area contributed by atoms with Crippen LogP contribution >= 0.6 is 11.8 Å². The number of benzene rings is 1. The van der Waals surface area contributed by atoms with E-state index in [-0.39, 0.29) is 0 Å². The topological polar surface area (TPSA) is 29.9 Å². The first kappa shape index (κ1) is 15.1. The molecule has 2 aromatic rings. The maximum atomic E-state index is 4.43. The van der Waals surface area contributed by atoms with Crippen LogP contribution in [0.25, 0.3) is 0 Å². The van der Waals surface area contributed by atoms with Crippen LogP contribution in [0.2, 0.25) is 0 Å². The second-order valence-electron chi connectivity index (χ2n) is 4.79. The van der Waals surface area contributed by atoms with Crippen molar-refractivity contribution in [1.82, 2.24) is 14.9 Å². The van der Waals surface area contributed by atoms with E-state index in [0.29, 0.717) is 0 Å². The van der Waals surface area contributed by atoms with Crippen molar-refractivity contribution in [2.45, 2.75) is 38.3 Å². The highest BCUT2D eigenvalue weighted by Crippen LogP contribution is 2.18. The molecule has 0 aliphatic heterocycles. The Labute approximate surface area is 125 Å². The monoisotopic (exact) mass is 289 g/mol. The Hall–Kier alpha value is -1.26. The summed E-state index contributed by atoms with van der Waals surface area (Å²) < 4.78 is 2.32. The summed E-state index contributed by atoms with van der Waals surface area (Å²) in [5.74, 6) is 2.18. The minimum Gasteiger partial charge on any atom is -0.330 e. The molecule has 0 saturated heterocycles. The number of nitrogens with one attached hydrogen (secondary N) is 1. The molecular formula is C16H23N3S. The molecular weight excluding hydrogens is 266 g/mol. The number of aryl methyl sites for hydroxylation is 1. The number of hydrogen-bond donors (Lipinski definition) is 1. The van der Waals surface area contributed by atoms with Crippen LogP contribution in [0.3, 0.4) is 0 Å². The van der Waals surface area contributed by atoms with E-state index in [9.17, 15) is 0 Å². The summed E-state index contributed by atoms with van der Waals surface area (Å²) in [4.78, 5) is 5.76. The van der Waals surface area contributed by atoms with Crippen LogP contribution in [-0.4, -0.2) is 21.8 Å². The van der Waals surface area contributed by atoms with Gasteiger partial charge in [-0.05, 0) is 32.0 Å². The van der Waals surface area contributed by atoms with Crippen LogP contribution in [0.1, 0.15) is 24.9 Å². The van der Waals surface area contributed by atoms with Crippen LogP contribution in [0.15, 0.2) is 41.4 Å². The number of aromatic nitrogens is 2. The molecule has 1 aromatic heterocycles. The predicted molar refractivity (Wildman–Crippen MR) is 86.1 cm³/mol. The smallest absolute Gasteiger partial charge is 0.105 e. The van der Waals surface area contributed by atoms with E-state index in [4.69, 9.17) is 0 Å². The Kier molecular flexibility index (Phi) is 6.15. The van der Waals surface area contributed by atoms with Gasteiger partial charge in [-0.15, -0.1) is 11.8 Å². The molecule has 20 heavy (non-hydrogen) atoms. The van der Waals surface area contributed by atoms with Crippen molar-refractivity contribution in [2.24, 2.45) is 0 Å². The average Bonchev–Trinajstić information content (AvgIpc) is 2.82. The molecule has 108 valence electrons. The van der Waals surface area contributed by atoms with Crippen LogP contribution in [0, 0.1) is 6.92 Å². The zero-order valence-corrected chi connectivity index (χ0v) is 13.1. The molecule has 1 N–H and O–H groups in total. The third-order valence-electron chi connectivity index (χ3n) is 3.20. The molecule has 1 aromatic carbocycles. The Morgan fingerprint density at radius 3 is 2.80 bits per heavy atom. The lowest BCUT2D eigenvalue weighted by molar-refractivity contribution is 0.617. The van der Waals surface area contributed by atoms with E-state index in [1.165, 1.54) is 10.6 Å². The van der Waals surface area contributed by atoms with E-state index in [2.05, 4.69) is 59.0 Å². The van der Waals surface area contributed by atoms with Gasteiger partial charge in [0, 0.05) is 29.9 Å². The average molecular weight is 289 g/mol. The van der Waals surface area contributed by atoms with Crippen molar-refractivity contribution >= 4 is 11.8 Å². The standard InChI is InChI=1S/C16H23N3S/c1-3-9-17-12-15-13-18-14(2)19(15)10-11-20-16-7-5-4-6-8-16/h4-8,13,17H,3,9-12H2,1-2H3. The molecule has 0 saturated carbocycles. The summed E-state index contributed by atoms with van der Waals surface area (Å²) in [7, 11) is 0. The van der Waals surface area contributed by atoms with Crippen molar-refractivity contribution < 1.29 is 0 Å². The van der Waals surface area contributed by atoms with Crippen molar-refractivity contribution in [1.29, 1.82) is 0 Å². The second-order valence-corrected chi connectivity index (χ2v) is 5.96. The fourth-order valence-corrected chi connectivity index (χ4v) is 2.99. The molecule has 0 spiro atoms. The number of nitrogens with zero attached hydrogens (tertiary/aromatic N) is 2. The van der Waals surface area contributed by atoms with Crippen LogP contribution < -0.4 is 5.32 Å². The van der Waals surface area contributed by atoms with Crippen molar-refractivity contribution in [3.8, 4) is 0 Å². The summed E-state index contributed by atoms with van der Waals surface area (Å²) in [6.07, 6.45) is 3.15. The number of imidazole rings is 1. The molecule has 0 fully saturated rings. The van der Waals surface area contributed by atoms with Crippen LogP contribution in [0.4, 0.5) is 0 Å². The molecule has 0 aliphatic carbocycles. The van der Waals surface area contributed by atoms with Gasteiger partial charge >= 0.3 is 0 Å². The first-order chi connectivity index (χ1) is 9.81. The summed E-state index contributed by atoms with van der Waals surface area (Å²) in [5.41, 5.74) is 1.28. The lowest BCUT2D eigenvalue weighted by Gasteiger charge is -2.10. The van der Waals surface area contributed by atoms with Gasteiger partial charge in [-0.3, -0.25) is 0 Å². The first-order valence-corrected chi connectivity index (χ1v) is 8.19. The highest BCUT2D eigenvalue weighted by Gasteiger charge is 2.06. The van der Waals surface area contributed by atoms with E-state index in [1.54, 1.807) is 0 Å². The van der Waals surface area contributed by atoms with Gasteiger partial charge in [-0.25, -0.2) is 4.98 Å². The molecule has 4 heteroatoms. The van der Waals surface area contributed by atoms with E-state index in [0.717, 1.165) is 37.6 Å². The quantitative estimate of drug-likeness (QED) is 0.596. The Morgan fingerprint density at radius 2 is 2.05 bits per heavy atom. The third kappa shape index (κ3) is 4.39. The SMILES string of the molecule is CCCNCc1cnc(C)n1CCSc1ccccc1. The lowest BCUT2D eigenvalue weighted by atomic mass is 10.4. The zero-order valence-electron chi connectivity index (χ0n) is 12.3. The fourth-order valence-electron chi connectivity index (χ4n) is 2.13. The Morgan fingerprint density at radius 1 is 1.25 bits per heavy atom. The third-order valence-corrected chi connectivity index (χ3v) is 4.19. The van der Waals surface area contributed by atoms with Gasteiger partial charge in [-0.1, -0.05) is 25.1 Å². The molecule has 1 heterocycles. The van der Waals surface area contributed by atoms with E-state index >= 15 is 0 Å². The maximum absolute atomic E-state index is 4.43. The Bertz CT molecular complexity index is 508. The number of hydrogen-bond acceptors (Lipinski definition) is 3. The molecule has 0 radical (unpaired) electrons. The van der Waals surface area contributed by atoms with Crippen molar-refractivity contribution in [3.63, 3.8) is 0 Å². The molecule has 0 amide bonds. The minimum atomic E-state index is 0.907. The van der Waals surface area contributed by atoms with Crippen molar-refractivity contribution in [3.05, 3.63) is 48.0 Å². The van der Waals surface area contributed by atoms with Gasteiger partial charge in [0.05, 0.1) is 5.69 Å². The van der Waals surface area contributed by atoms with Crippen LogP contribution in [0.5, 0.6) is 0 Å². The van der Waals surface area contributed by atoms with Crippen molar-refractivity contribution in [2.75, 3.05) is 12.3 Å². The molecule has 0 atom stereocenters. The summed E-state index contributed by atoms with van der Waals surface area (Å²) >= 11 is 1.90. The molecule has 2 rings (SSSR count). The largest absolute Gasteiger partial charge is 0.330 e. The van der Waals surface area contributed by atoms with Gasteiger partial charge in [0.2, 0.25) is 0 Å². The van der Waals surface area contributed by atoms with Gasteiger partial charge in [0.1, 0.15) is 5.82 Å². The van der Waals surface area contributed by atoms with E-state index < -0.39 is 0 Å². The minimum absolute atomic E-state index is 0.907. The Balaban J connectivity index is 1.87. The predicted octanol–water partition coefficient (Wildman–Crippen LogP) is 3.48. The number of rotatable bonds is 8. The lowest BCUT2D eigenvalue weighted by Crippen LogP contribution is -2.17. The normalized spacial score (nSPS) is 10.9. The maximum Gasteiger partial charge on any atom is 0.105 e. The number of thioether (sulfide) groups is 1. The molecule has 0 aliphatic rings. The summed E-state index contributed by atoms with van der Waals surface area (Å²) in [6, 6.07) is 10.6. The summed E-state index contributed by atoms with van der Waals surface area (Å²) in [5, 5.41) is 3.45. The van der Waals surface area contributed by atoms with Gasteiger partial charge < -0.3 is 9.88 Å². The highest BCUT2D eigenvalue weighted by molar-refractivity contribution is 7.99. The van der Waals surface area contributed by atoms with Gasteiger partial charge in [0.15, 0.2) is 0 Å². The molecule has 0 bridgehead atoms. The summed E-state index contributed by atoms with van der Waals surface area (Å²) in [6.45, 7) is 7.24. The van der Waals surface area contributed by atoms with E-state index in [1.807, 2.05) is 18.0 Å². The highest BCUT2D eigenvalue weighted by atomic mass is 32.2. The van der Waals surface area contributed by atoms with Gasteiger partial charge in [-0.2, -0.15) is 0 Å². The molecule has 3 nitrogen and oxygen atoms in total. The van der Waals surface area contributed by atoms with Gasteiger partial charge in [0.25, 0.3) is 0 Å². The molecule has 0 unspecified atom stereocenters. The van der Waals surface area contributed by atoms with Crippen LogP contribution in [-0.2, 0) is 13.1 Å². The zero-order chi connectivity index (χ0) is 14.2.